The van der Waals surface area contributed by atoms with Crippen molar-refractivity contribution in [3.63, 3.8) is 0 Å². The molecule has 0 saturated carbocycles. The Morgan fingerprint density at radius 3 is 2.12 bits per heavy atom. The van der Waals surface area contributed by atoms with Crippen molar-refractivity contribution in [3.8, 4) is 0 Å². The van der Waals surface area contributed by atoms with Crippen LogP contribution in [0.5, 0.6) is 0 Å². The summed E-state index contributed by atoms with van der Waals surface area (Å²) in [5.41, 5.74) is -0.557. The third kappa shape index (κ3) is 4.22. The lowest BCUT2D eigenvalue weighted by Crippen LogP contribution is -2.38. The zero-order chi connectivity index (χ0) is 17.6. The fraction of sp³-hybridized carbons (Fsp3) is 0.211. The van der Waals surface area contributed by atoms with E-state index in [0.29, 0.717) is 0 Å². The van der Waals surface area contributed by atoms with E-state index in [1.165, 1.54) is 6.08 Å². The maximum Gasteiger partial charge on any atom is 0.310 e. The Bertz CT molecular complexity index is 742. The van der Waals surface area contributed by atoms with E-state index < -0.39 is 18.8 Å². The SMILES string of the molecule is C=CCC(Cc1ccccc1)(CP(=O)(O)c1ccccc1)C(=O)O. The van der Waals surface area contributed by atoms with Crippen molar-refractivity contribution in [2.45, 2.75) is 12.8 Å². The van der Waals surface area contributed by atoms with Crippen LogP contribution in [0.25, 0.3) is 0 Å². The summed E-state index contributed by atoms with van der Waals surface area (Å²) in [6.07, 6.45) is 1.46. The van der Waals surface area contributed by atoms with Crippen molar-refractivity contribution in [3.05, 3.63) is 78.9 Å². The molecule has 2 atom stereocenters. The predicted octanol–water partition coefficient (Wildman–Crippen LogP) is 3.47. The molecular formula is C19H21O4P. The van der Waals surface area contributed by atoms with Crippen molar-refractivity contribution in [1.29, 1.82) is 0 Å². The van der Waals surface area contributed by atoms with Gasteiger partial charge in [-0.25, -0.2) is 0 Å². The van der Waals surface area contributed by atoms with Crippen molar-refractivity contribution in [1.82, 2.24) is 0 Å². The number of carboxylic acids is 1. The van der Waals surface area contributed by atoms with Crippen LogP contribution >= 0.6 is 7.37 Å². The second kappa shape index (κ2) is 7.61. The maximum atomic E-state index is 12.9. The molecule has 0 heterocycles. The zero-order valence-corrected chi connectivity index (χ0v) is 14.2. The van der Waals surface area contributed by atoms with Crippen molar-refractivity contribution in [2.75, 3.05) is 6.16 Å². The maximum absolute atomic E-state index is 12.9. The van der Waals surface area contributed by atoms with Crippen LogP contribution in [-0.4, -0.2) is 22.1 Å². The molecule has 0 spiro atoms. The van der Waals surface area contributed by atoms with Crippen molar-refractivity contribution >= 4 is 18.6 Å². The summed E-state index contributed by atoms with van der Waals surface area (Å²) in [6, 6.07) is 17.4. The minimum Gasteiger partial charge on any atom is -0.481 e. The Balaban J connectivity index is 2.40. The van der Waals surface area contributed by atoms with Gasteiger partial charge in [-0.15, -0.1) is 6.58 Å². The van der Waals surface area contributed by atoms with Gasteiger partial charge in [0.05, 0.1) is 5.41 Å². The molecule has 2 rings (SSSR count). The Morgan fingerprint density at radius 1 is 1.08 bits per heavy atom. The topological polar surface area (TPSA) is 74.6 Å². The summed E-state index contributed by atoms with van der Waals surface area (Å²) in [4.78, 5) is 22.6. The summed E-state index contributed by atoms with van der Waals surface area (Å²) >= 11 is 0. The van der Waals surface area contributed by atoms with Crippen LogP contribution in [0.3, 0.4) is 0 Å². The first-order valence-electron chi connectivity index (χ1n) is 7.65. The van der Waals surface area contributed by atoms with E-state index in [9.17, 15) is 19.4 Å². The summed E-state index contributed by atoms with van der Waals surface area (Å²) in [5, 5.41) is 10.1. The molecule has 0 bridgehead atoms. The third-order valence-electron chi connectivity index (χ3n) is 4.05. The van der Waals surface area contributed by atoms with Gasteiger partial charge in [-0.05, 0) is 30.5 Å². The minimum atomic E-state index is -3.82. The molecule has 24 heavy (non-hydrogen) atoms. The number of carbonyl (C=O) groups is 1. The summed E-state index contributed by atoms with van der Waals surface area (Å²) in [7, 11) is -3.82. The van der Waals surface area contributed by atoms with Gasteiger partial charge in [0.2, 0.25) is 7.37 Å². The molecule has 2 N–H and O–H groups in total. The van der Waals surface area contributed by atoms with Crippen LogP contribution in [0.1, 0.15) is 12.0 Å². The highest BCUT2D eigenvalue weighted by molar-refractivity contribution is 7.66. The molecule has 0 amide bonds. The molecule has 5 heteroatoms. The van der Waals surface area contributed by atoms with Crippen LogP contribution in [0.15, 0.2) is 73.3 Å². The standard InChI is InChI=1S/C19H21O4P/c1-2-13-19(18(20)21,14-16-9-5-3-6-10-16)15-24(22,23)17-11-7-4-8-12-17/h2-12H,1,13-15H2,(H,20,21)(H,22,23). The van der Waals surface area contributed by atoms with E-state index in [0.717, 1.165) is 5.56 Å². The molecule has 0 aliphatic rings. The highest BCUT2D eigenvalue weighted by Crippen LogP contribution is 2.48. The predicted molar refractivity (Wildman–Crippen MR) is 95.8 cm³/mol. The van der Waals surface area contributed by atoms with E-state index in [2.05, 4.69) is 6.58 Å². The first-order chi connectivity index (χ1) is 11.4. The van der Waals surface area contributed by atoms with E-state index in [1.54, 1.807) is 30.3 Å². The van der Waals surface area contributed by atoms with Gasteiger partial charge in [-0.2, -0.15) is 0 Å². The molecule has 0 fully saturated rings. The molecule has 2 aromatic rings. The molecule has 0 radical (unpaired) electrons. The first-order valence-corrected chi connectivity index (χ1v) is 9.50. The van der Waals surface area contributed by atoms with Gasteiger partial charge in [0.25, 0.3) is 0 Å². The van der Waals surface area contributed by atoms with Gasteiger partial charge >= 0.3 is 5.97 Å². The lowest BCUT2D eigenvalue weighted by atomic mass is 9.80. The Morgan fingerprint density at radius 2 is 1.62 bits per heavy atom. The lowest BCUT2D eigenvalue weighted by Gasteiger charge is -2.30. The number of hydrogen-bond donors (Lipinski definition) is 2. The van der Waals surface area contributed by atoms with Gasteiger partial charge in [0, 0.05) is 11.5 Å². The quantitative estimate of drug-likeness (QED) is 0.568. The lowest BCUT2D eigenvalue weighted by molar-refractivity contribution is -0.147. The molecule has 126 valence electrons. The van der Waals surface area contributed by atoms with Gasteiger partial charge in [0.15, 0.2) is 0 Å². The molecule has 2 unspecified atom stereocenters. The smallest absolute Gasteiger partial charge is 0.310 e. The minimum absolute atomic E-state index is 0.120. The van der Waals surface area contributed by atoms with E-state index in [-0.39, 0.29) is 24.3 Å². The summed E-state index contributed by atoms with van der Waals surface area (Å²) < 4.78 is 12.9. The second-order valence-corrected chi connectivity index (χ2v) is 8.17. The van der Waals surface area contributed by atoms with Crippen LogP contribution in [0.4, 0.5) is 0 Å². The Kier molecular flexibility index (Phi) is 5.76. The summed E-state index contributed by atoms with van der Waals surface area (Å²) in [6.45, 7) is 3.64. The van der Waals surface area contributed by atoms with Crippen molar-refractivity contribution < 1.29 is 19.4 Å². The van der Waals surface area contributed by atoms with Crippen LogP contribution in [0.2, 0.25) is 0 Å². The van der Waals surface area contributed by atoms with E-state index in [1.807, 2.05) is 30.3 Å². The fourth-order valence-electron chi connectivity index (χ4n) is 2.85. The molecule has 0 aliphatic heterocycles. The average Bonchev–Trinajstić information content (AvgIpc) is 2.56. The van der Waals surface area contributed by atoms with Crippen LogP contribution in [-0.2, 0) is 15.8 Å². The van der Waals surface area contributed by atoms with Gasteiger partial charge < -0.3 is 10.00 Å². The average molecular weight is 344 g/mol. The highest BCUT2D eigenvalue weighted by atomic mass is 31.2. The number of hydrogen-bond acceptors (Lipinski definition) is 2. The van der Waals surface area contributed by atoms with Gasteiger partial charge in [0.1, 0.15) is 0 Å². The van der Waals surface area contributed by atoms with E-state index >= 15 is 0 Å². The number of rotatable bonds is 8. The molecule has 4 nitrogen and oxygen atoms in total. The third-order valence-corrected chi connectivity index (χ3v) is 6.19. The van der Waals surface area contributed by atoms with Gasteiger partial charge in [-0.3, -0.25) is 9.36 Å². The molecule has 2 aromatic carbocycles. The molecule has 0 aliphatic carbocycles. The largest absolute Gasteiger partial charge is 0.481 e. The number of allylic oxidation sites excluding steroid dienone is 1. The zero-order valence-electron chi connectivity index (χ0n) is 13.3. The number of benzene rings is 2. The summed E-state index contributed by atoms with van der Waals surface area (Å²) in [5.74, 6) is -1.09. The second-order valence-electron chi connectivity index (χ2n) is 5.94. The Labute approximate surface area is 141 Å². The monoisotopic (exact) mass is 344 g/mol. The number of carboxylic acid groups (broad SMARTS) is 1. The normalized spacial score (nSPS) is 15.9. The molecule has 0 saturated heterocycles. The first kappa shape index (κ1) is 18.2. The van der Waals surface area contributed by atoms with Crippen molar-refractivity contribution in [2.24, 2.45) is 5.41 Å². The fourth-order valence-corrected chi connectivity index (χ4v) is 4.87. The molecular weight excluding hydrogens is 323 g/mol. The Hall–Kier alpha value is -2.16. The highest BCUT2D eigenvalue weighted by Gasteiger charge is 2.44. The van der Waals surface area contributed by atoms with Crippen LogP contribution < -0.4 is 5.30 Å². The number of aliphatic carboxylic acids is 1. The van der Waals surface area contributed by atoms with Gasteiger partial charge in [-0.1, -0.05) is 54.6 Å². The van der Waals surface area contributed by atoms with Crippen LogP contribution in [0, 0.1) is 5.41 Å². The molecule has 0 aromatic heterocycles. The van der Waals surface area contributed by atoms with E-state index in [4.69, 9.17) is 0 Å².